The second-order valence-electron chi connectivity index (χ2n) is 0.585. The summed E-state index contributed by atoms with van der Waals surface area (Å²) in [7, 11) is 0. The Balaban J connectivity index is 0. The molecule has 0 fully saturated rings. The van der Waals surface area contributed by atoms with Crippen molar-refractivity contribution in [3.63, 3.8) is 0 Å². The first kappa shape index (κ1) is 9.76. The van der Waals surface area contributed by atoms with Crippen LogP contribution in [0.5, 0.6) is 0 Å². The smallest absolute Gasteiger partial charge is 0.870 e. The van der Waals surface area contributed by atoms with E-state index in [1.54, 1.807) is 0 Å². The molecule has 0 spiro atoms. The largest absolute Gasteiger partial charge is 0.870 e. The summed E-state index contributed by atoms with van der Waals surface area (Å²) in [6.07, 6.45) is 0. The molecule has 3 N–H and O–H groups in total. The van der Waals surface area contributed by atoms with E-state index >= 15 is 0 Å². The van der Waals surface area contributed by atoms with Crippen molar-refractivity contribution in [1.82, 2.24) is 3.88 Å². The number of nitrogens with one attached hydrogen (secondary N) is 1. The van der Waals surface area contributed by atoms with Gasteiger partial charge in [-0.3, -0.25) is 0 Å². The molecule has 0 unspecified atom stereocenters. The summed E-state index contributed by atoms with van der Waals surface area (Å²) in [5, 5.41) is 8.00. The van der Waals surface area contributed by atoms with Gasteiger partial charge in [0.1, 0.15) is 0 Å². The van der Waals surface area contributed by atoms with E-state index in [2.05, 4.69) is 3.88 Å². The monoisotopic (exact) mass is 272 g/mol. The number of hydrogen-bond donors (Lipinski definition) is 2. The van der Waals surface area contributed by atoms with Gasteiger partial charge in [-0.1, -0.05) is 0 Å². The van der Waals surface area contributed by atoms with Crippen molar-refractivity contribution < 1.29 is 30.6 Å². The minimum absolute atomic E-state index is 0. The van der Waals surface area contributed by atoms with E-state index < -0.39 is 0 Å². The molecule has 0 amide bonds. The van der Waals surface area contributed by atoms with Gasteiger partial charge in [0.25, 0.3) is 0 Å². The van der Waals surface area contributed by atoms with E-state index in [4.69, 9.17) is 5.11 Å². The molecule has 0 radical (unpaired) electrons. The maximum atomic E-state index is 8.00. The van der Waals surface area contributed by atoms with Gasteiger partial charge in [0.2, 0.25) is 0 Å². The second-order valence-corrected chi connectivity index (χ2v) is 1.39. The molecule has 0 rings (SSSR count). The summed E-state index contributed by atoms with van der Waals surface area (Å²) < 4.78 is 2.74. The summed E-state index contributed by atoms with van der Waals surface area (Å²) in [6.45, 7) is 0.908. The molecule has 0 aliphatic rings. The predicted octanol–water partition coefficient (Wildman–Crippen LogP) is -1.15. The predicted molar refractivity (Wildman–Crippen MR) is 17.0 cm³/mol. The zero-order valence-electron chi connectivity index (χ0n) is 3.12. The number of aliphatic hydroxyl groups excluding tert-OH is 1. The molecule has 0 atom stereocenters. The number of hydrogen-bond acceptors (Lipinski definition) is 3. The van der Waals surface area contributed by atoms with Crippen LogP contribution in [0.3, 0.4) is 0 Å². The molecule has 0 aromatic carbocycles. The van der Waals surface area contributed by atoms with Crippen LogP contribution in [0.25, 0.3) is 0 Å². The first-order chi connectivity index (χ1) is 2.41. The molecule has 0 aromatic rings. The van der Waals surface area contributed by atoms with Crippen LogP contribution in [0, 0.1) is 0 Å². The molecule has 0 saturated heterocycles. The van der Waals surface area contributed by atoms with E-state index in [0.717, 1.165) is 0 Å². The third-order valence-electron chi connectivity index (χ3n) is 0.191. The van der Waals surface area contributed by atoms with Crippen LogP contribution in [-0.2, 0) is 20.1 Å². The van der Waals surface area contributed by atoms with Crippen molar-refractivity contribution >= 4 is 0 Å². The van der Waals surface area contributed by atoms with Gasteiger partial charge >= 0.3 is 42.2 Å². The molecule has 4 heteroatoms. The van der Waals surface area contributed by atoms with Crippen molar-refractivity contribution in [2.45, 2.75) is 0 Å². The Kier molecular flexibility index (Phi) is 14.8. The molecule has 0 aromatic heterocycles. The first-order valence-corrected chi connectivity index (χ1v) is 2.46. The van der Waals surface area contributed by atoms with E-state index in [1.165, 1.54) is 0 Å². The molecule has 42 valence electrons. The minimum Gasteiger partial charge on any atom is -0.870 e. The summed E-state index contributed by atoms with van der Waals surface area (Å²) in [6, 6.07) is 0. The zero-order valence-corrected chi connectivity index (χ0v) is 5.40. The first-order valence-electron chi connectivity index (χ1n) is 1.33. The van der Waals surface area contributed by atoms with Gasteiger partial charge in [-0.15, -0.1) is 0 Å². The van der Waals surface area contributed by atoms with Gasteiger partial charge in [0.15, 0.2) is 0 Å². The van der Waals surface area contributed by atoms with Crippen molar-refractivity contribution in [2.24, 2.45) is 0 Å². The Bertz CT molecular complexity index is 19.0. The van der Waals surface area contributed by atoms with Gasteiger partial charge in [0, 0.05) is 0 Å². The maximum absolute atomic E-state index is 8.00. The van der Waals surface area contributed by atoms with Gasteiger partial charge in [-0.25, -0.2) is 0 Å². The standard InChI is InChI=1S/C2H6NO.H2O.Pt/c3-1-2-4;;/h3-4H,1-2H2;1H2;/q-1;;+2/p-1. The Morgan fingerprint density at radius 2 is 2.17 bits per heavy atom. The van der Waals surface area contributed by atoms with Crippen molar-refractivity contribution in [3.05, 3.63) is 0 Å². The van der Waals surface area contributed by atoms with Crippen molar-refractivity contribution in [3.8, 4) is 0 Å². The Labute approximate surface area is 48.2 Å². The normalized spacial score (nSPS) is 7.17. The molecule has 0 saturated carbocycles. The van der Waals surface area contributed by atoms with Crippen LogP contribution in [0.2, 0.25) is 0 Å². The van der Waals surface area contributed by atoms with Gasteiger partial charge in [-0.05, 0) is 0 Å². The number of aliphatic hydroxyl groups is 1. The van der Waals surface area contributed by atoms with E-state index in [1.807, 2.05) is 20.1 Å². The second kappa shape index (κ2) is 9.13. The SMILES string of the molecule is OCC[NH][Pt+].[OH-]. The molecule has 0 bridgehead atoms. The van der Waals surface area contributed by atoms with Gasteiger partial charge in [-0.2, -0.15) is 0 Å². The van der Waals surface area contributed by atoms with Crippen LogP contribution in [-0.4, -0.2) is 23.7 Å². The van der Waals surface area contributed by atoms with E-state index in [-0.39, 0.29) is 12.1 Å². The summed E-state index contributed by atoms with van der Waals surface area (Å²) in [4.78, 5) is 0. The number of rotatable bonds is 2. The fraction of sp³-hybridized carbons (Fsp3) is 1.00. The molecular weight excluding hydrogens is 265 g/mol. The third-order valence-corrected chi connectivity index (χ3v) is 0.759. The summed E-state index contributed by atoms with van der Waals surface area (Å²) in [5.74, 6) is 0. The fourth-order valence-corrected chi connectivity index (χ4v) is 0.289. The van der Waals surface area contributed by atoms with Crippen LogP contribution in [0.15, 0.2) is 0 Å². The van der Waals surface area contributed by atoms with Gasteiger partial charge in [0.05, 0.1) is 0 Å². The summed E-state index contributed by atoms with van der Waals surface area (Å²) in [5.41, 5.74) is 0. The average molecular weight is 272 g/mol. The van der Waals surface area contributed by atoms with E-state index in [0.29, 0.717) is 6.54 Å². The van der Waals surface area contributed by atoms with Crippen molar-refractivity contribution in [1.29, 1.82) is 0 Å². The topological polar surface area (TPSA) is 62.3 Å². The maximum Gasteiger partial charge on any atom is -0.870 e. The van der Waals surface area contributed by atoms with Crippen LogP contribution < -0.4 is 3.88 Å². The summed E-state index contributed by atoms with van der Waals surface area (Å²) >= 11 is 1.96. The third kappa shape index (κ3) is 8.82. The van der Waals surface area contributed by atoms with Crippen LogP contribution >= 0.6 is 0 Å². The molecule has 6 heavy (non-hydrogen) atoms. The molecule has 0 aliphatic heterocycles. The van der Waals surface area contributed by atoms with Crippen molar-refractivity contribution in [2.75, 3.05) is 13.2 Å². The van der Waals surface area contributed by atoms with E-state index in [9.17, 15) is 0 Å². The molecular formula is C2H7NO2Pt. The fourth-order valence-electron chi connectivity index (χ4n) is 0.0354. The Hall–Kier alpha value is 0.568. The minimum atomic E-state index is 0. The van der Waals surface area contributed by atoms with Crippen LogP contribution in [0.4, 0.5) is 0 Å². The van der Waals surface area contributed by atoms with Gasteiger partial charge < -0.3 is 5.48 Å². The molecule has 0 heterocycles. The van der Waals surface area contributed by atoms with Crippen LogP contribution in [0.1, 0.15) is 0 Å². The molecule has 0 aliphatic carbocycles. The molecule has 3 nitrogen and oxygen atoms in total. The zero-order chi connectivity index (χ0) is 4.12. The average Bonchev–Trinajstić information content (AvgIpc) is 1.41. The Morgan fingerprint density at radius 3 is 2.17 bits per heavy atom. The Morgan fingerprint density at radius 1 is 1.67 bits per heavy atom. The quantitative estimate of drug-likeness (QED) is 0.667.